The quantitative estimate of drug-likeness (QED) is 0.263. The molecule has 0 bridgehead atoms. The average molecular weight is 612 g/mol. The number of anilines is 1. The number of nitrogens with zero attached hydrogens (tertiary/aromatic N) is 2. The number of hydrogen-bond donors (Lipinski definition) is 1. The lowest BCUT2D eigenvalue weighted by atomic mass is 9.96. The van der Waals surface area contributed by atoms with E-state index < -0.39 is 12.0 Å². The predicted molar refractivity (Wildman–Crippen MR) is 170 cm³/mol. The molecule has 1 N–H and O–H groups in total. The minimum atomic E-state index is -0.683. The van der Waals surface area contributed by atoms with E-state index >= 15 is 0 Å². The number of carbonyl (C=O) groups is 2. The summed E-state index contributed by atoms with van der Waals surface area (Å²) in [5, 5.41) is 2.79. The Morgan fingerprint density at radius 3 is 2.39 bits per heavy atom. The molecule has 1 aromatic heterocycles. The molecule has 1 atom stereocenters. The second-order valence-corrected chi connectivity index (χ2v) is 11.3. The lowest BCUT2D eigenvalue weighted by molar-refractivity contribution is -0.143. The zero-order valence-electron chi connectivity index (χ0n) is 24.9. The first-order valence-corrected chi connectivity index (χ1v) is 15.1. The summed E-state index contributed by atoms with van der Waals surface area (Å²) in [5.74, 6) is 0.0439. The van der Waals surface area contributed by atoms with E-state index in [1.54, 1.807) is 61.7 Å². The Morgan fingerprint density at radius 2 is 1.70 bits per heavy atom. The molecular formula is C34H33N3O6S. The molecule has 4 aromatic rings. The third kappa shape index (κ3) is 6.81. The summed E-state index contributed by atoms with van der Waals surface area (Å²) in [4.78, 5) is 44.7. The van der Waals surface area contributed by atoms with E-state index in [1.165, 1.54) is 11.3 Å². The number of carbonyl (C=O) groups excluding carboxylic acids is 2. The monoisotopic (exact) mass is 611 g/mol. The summed E-state index contributed by atoms with van der Waals surface area (Å²) in [7, 11) is 0. The largest absolute Gasteiger partial charge is 0.490 e. The molecule has 2 heterocycles. The molecule has 0 saturated heterocycles. The Morgan fingerprint density at radius 1 is 1.00 bits per heavy atom. The molecule has 0 aliphatic carbocycles. The van der Waals surface area contributed by atoms with E-state index in [0.717, 1.165) is 5.56 Å². The zero-order valence-corrected chi connectivity index (χ0v) is 25.7. The topological polar surface area (TPSA) is 108 Å². The van der Waals surface area contributed by atoms with Crippen molar-refractivity contribution in [3.63, 3.8) is 0 Å². The maximum Gasteiger partial charge on any atom is 0.338 e. The number of hydrogen-bond acceptors (Lipinski definition) is 8. The lowest BCUT2D eigenvalue weighted by Crippen LogP contribution is -2.40. The van der Waals surface area contributed by atoms with E-state index in [1.807, 2.05) is 55.5 Å². The van der Waals surface area contributed by atoms with Crippen LogP contribution in [0.25, 0.3) is 6.08 Å². The van der Waals surface area contributed by atoms with Crippen LogP contribution in [-0.2, 0) is 14.3 Å². The number of rotatable bonds is 10. The number of fused-ring (bicyclic) bond motifs is 1. The number of ether oxygens (including phenoxy) is 3. The molecule has 1 unspecified atom stereocenters. The van der Waals surface area contributed by atoms with Crippen molar-refractivity contribution in [1.29, 1.82) is 0 Å². The third-order valence-corrected chi connectivity index (χ3v) is 7.66. The Kier molecular flexibility index (Phi) is 9.40. The first kappa shape index (κ1) is 30.5. The molecule has 10 heteroatoms. The van der Waals surface area contributed by atoms with Gasteiger partial charge in [-0.05, 0) is 69.2 Å². The van der Waals surface area contributed by atoms with Gasteiger partial charge in [0, 0.05) is 5.69 Å². The second kappa shape index (κ2) is 13.6. The average Bonchev–Trinajstić information content (AvgIpc) is 3.30. The molecule has 226 valence electrons. The summed E-state index contributed by atoms with van der Waals surface area (Å²) >= 11 is 1.24. The second-order valence-electron chi connectivity index (χ2n) is 10.3. The number of thiazole rings is 1. The summed E-state index contributed by atoms with van der Waals surface area (Å²) < 4.78 is 19.1. The van der Waals surface area contributed by atoms with Crippen LogP contribution in [0.15, 0.2) is 99.9 Å². The van der Waals surface area contributed by atoms with Crippen LogP contribution in [-0.4, -0.2) is 35.8 Å². The Balaban J connectivity index is 1.48. The highest BCUT2D eigenvalue weighted by molar-refractivity contribution is 7.07. The fourth-order valence-electron chi connectivity index (χ4n) is 4.83. The van der Waals surface area contributed by atoms with Gasteiger partial charge >= 0.3 is 5.97 Å². The number of benzene rings is 3. The van der Waals surface area contributed by atoms with Crippen molar-refractivity contribution in [2.75, 3.05) is 18.5 Å². The summed E-state index contributed by atoms with van der Waals surface area (Å²) in [5.41, 5.74) is 2.72. The predicted octanol–water partition coefficient (Wildman–Crippen LogP) is 4.60. The van der Waals surface area contributed by atoms with Crippen LogP contribution in [0.3, 0.4) is 0 Å². The van der Waals surface area contributed by atoms with E-state index in [-0.39, 0.29) is 24.2 Å². The number of aromatic nitrogens is 1. The van der Waals surface area contributed by atoms with Crippen molar-refractivity contribution in [2.45, 2.75) is 39.8 Å². The minimum absolute atomic E-state index is 0.201. The van der Waals surface area contributed by atoms with Gasteiger partial charge in [0.2, 0.25) is 0 Å². The van der Waals surface area contributed by atoms with Crippen molar-refractivity contribution < 1.29 is 23.8 Å². The normalized spacial score (nSPS) is 14.6. The molecule has 0 radical (unpaired) electrons. The number of allylic oxidation sites excluding steroid dienone is 1. The molecule has 1 aliphatic heterocycles. The maximum atomic E-state index is 13.9. The first-order chi connectivity index (χ1) is 21.2. The standard InChI is InChI=1S/C34H33N3O6S/c1-5-41-27-18-23(16-17-26(27)42-20-29(38)36-25-14-10-7-11-15-25)19-28-32(39)37-31(24-12-8-6-9-13-24)30(33(40)43-21(2)3)22(4)35-34(37)44-28/h6-19,21,31H,5,20H2,1-4H3,(H,36,38). The molecular weight excluding hydrogens is 578 g/mol. The van der Waals surface area contributed by atoms with Gasteiger partial charge in [-0.1, -0.05) is 65.9 Å². The van der Waals surface area contributed by atoms with Gasteiger partial charge in [0.25, 0.3) is 11.5 Å². The summed E-state index contributed by atoms with van der Waals surface area (Å²) in [6.07, 6.45) is 1.43. The van der Waals surface area contributed by atoms with Crippen LogP contribution in [0.5, 0.6) is 11.5 Å². The van der Waals surface area contributed by atoms with Crippen LogP contribution >= 0.6 is 11.3 Å². The molecule has 0 fully saturated rings. The summed E-state index contributed by atoms with van der Waals surface area (Å²) in [6, 6.07) is 23.1. The highest BCUT2D eigenvalue weighted by Gasteiger charge is 2.33. The molecule has 1 aliphatic rings. The fourth-order valence-corrected chi connectivity index (χ4v) is 5.87. The van der Waals surface area contributed by atoms with Crippen molar-refractivity contribution in [3.8, 4) is 11.5 Å². The van der Waals surface area contributed by atoms with Gasteiger partial charge in [-0.15, -0.1) is 0 Å². The SMILES string of the molecule is CCOc1cc(C=c2sc3n(c2=O)C(c2ccccc2)C(C(=O)OC(C)C)=C(C)N=3)ccc1OCC(=O)Nc1ccccc1. The van der Waals surface area contributed by atoms with Crippen molar-refractivity contribution >= 4 is 35.0 Å². The molecule has 0 saturated carbocycles. The molecule has 3 aromatic carbocycles. The molecule has 1 amide bonds. The summed E-state index contributed by atoms with van der Waals surface area (Å²) in [6.45, 7) is 7.36. The highest BCUT2D eigenvalue weighted by atomic mass is 32.1. The van der Waals surface area contributed by atoms with Crippen LogP contribution < -0.4 is 29.7 Å². The Hall–Kier alpha value is -4.96. The van der Waals surface area contributed by atoms with E-state index in [0.29, 0.717) is 50.0 Å². The van der Waals surface area contributed by atoms with E-state index in [9.17, 15) is 14.4 Å². The number of nitrogens with one attached hydrogen (secondary N) is 1. The zero-order chi connectivity index (χ0) is 31.2. The van der Waals surface area contributed by atoms with Crippen molar-refractivity contribution in [1.82, 2.24) is 4.57 Å². The maximum absolute atomic E-state index is 13.9. The number of amides is 1. The van der Waals surface area contributed by atoms with Crippen LogP contribution in [0.1, 0.15) is 44.9 Å². The smallest absolute Gasteiger partial charge is 0.338 e. The van der Waals surface area contributed by atoms with Crippen LogP contribution in [0.4, 0.5) is 5.69 Å². The molecule has 0 spiro atoms. The van der Waals surface area contributed by atoms with Crippen molar-refractivity contribution in [3.05, 3.63) is 121 Å². The molecule has 9 nitrogen and oxygen atoms in total. The van der Waals surface area contributed by atoms with Gasteiger partial charge in [0.1, 0.15) is 0 Å². The van der Waals surface area contributed by atoms with Gasteiger partial charge < -0.3 is 19.5 Å². The van der Waals surface area contributed by atoms with Gasteiger partial charge in [-0.2, -0.15) is 0 Å². The Labute approximate surface area is 258 Å². The van der Waals surface area contributed by atoms with E-state index in [4.69, 9.17) is 14.2 Å². The molecule has 5 rings (SSSR count). The molecule has 44 heavy (non-hydrogen) atoms. The number of para-hydroxylation sites is 1. The Bertz CT molecular complexity index is 1880. The van der Waals surface area contributed by atoms with Crippen LogP contribution in [0.2, 0.25) is 0 Å². The van der Waals surface area contributed by atoms with Gasteiger partial charge in [-0.3, -0.25) is 14.2 Å². The third-order valence-electron chi connectivity index (χ3n) is 6.68. The van der Waals surface area contributed by atoms with Gasteiger partial charge in [0.05, 0.1) is 34.6 Å². The lowest BCUT2D eigenvalue weighted by Gasteiger charge is -2.25. The van der Waals surface area contributed by atoms with Gasteiger partial charge in [-0.25, -0.2) is 9.79 Å². The van der Waals surface area contributed by atoms with Gasteiger partial charge in [0.15, 0.2) is 22.9 Å². The fraction of sp³-hybridized carbons (Fsp3) is 0.235. The van der Waals surface area contributed by atoms with Crippen LogP contribution in [0, 0.1) is 0 Å². The highest BCUT2D eigenvalue weighted by Crippen LogP contribution is 2.31. The van der Waals surface area contributed by atoms with Crippen molar-refractivity contribution in [2.24, 2.45) is 4.99 Å². The van der Waals surface area contributed by atoms with E-state index in [2.05, 4.69) is 10.3 Å². The number of esters is 1. The first-order valence-electron chi connectivity index (χ1n) is 14.3. The minimum Gasteiger partial charge on any atom is -0.490 e.